The van der Waals surface area contributed by atoms with E-state index < -0.39 is 0 Å². The van der Waals surface area contributed by atoms with Gasteiger partial charge in [0.1, 0.15) is 0 Å². The van der Waals surface area contributed by atoms with Gasteiger partial charge in [-0.05, 0) is 26.1 Å². The van der Waals surface area contributed by atoms with Crippen molar-refractivity contribution in [3.63, 3.8) is 0 Å². The van der Waals surface area contributed by atoms with Crippen molar-refractivity contribution >= 4 is 0 Å². The van der Waals surface area contributed by atoms with E-state index in [0.29, 0.717) is 6.54 Å². The molecular weight excluding hydrogens is 180 g/mol. The predicted molar refractivity (Wildman–Crippen MR) is 58.4 cm³/mol. The lowest BCUT2D eigenvalue weighted by molar-refractivity contribution is 0.116. The Bertz CT molecular complexity index is 119. The SMILES string of the molecule is CCN(CC)CC(O)CNCCCO. The zero-order valence-corrected chi connectivity index (χ0v) is 9.37. The third kappa shape index (κ3) is 7.26. The molecule has 0 radical (unpaired) electrons. The van der Waals surface area contributed by atoms with Gasteiger partial charge in [0, 0.05) is 19.7 Å². The fourth-order valence-corrected chi connectivity index (χ4v) is 1.32. The maximum atomic E-state index is 9.61. The van der Waals surface area contributed by atoms with E-state index in [1.807, 2.05) is 0 Å². The summed E-state index contributed by atoms with van der Waals surface area (Å²) in [5, 5.41) is 21.3. The van der Waals surface area contributed by atoms with Gasteiger partial charge in [-0.25, -0.2) is 0 Å². The molecule has 86 valence electrons. The quantitative estimate of drug-likeness (QED) is 0.450. The van der Waals surface area contributed by atoms with Gasteiger partial charge >= 0.3 is 0 Å². The summed E-state index contributed by atoms with van der Waals surface area (Å²) in [4.78, 5) is 2.19. The molecule has 0 heterocycles. The molecule has 1 atom stereocenters. The summed E-state index contributed by atoms with van der Waals surface area (Å²) in [5.74, 6) is 0. The van der Waals surface area contributed by atoms with Crippen LogP contribution in [0.25, 0.3) is 0 Å². The summed E-state index contributed by atoms with van der Waals surface area (Å²) in [6.45, 7) is 8.44. The predicted octanol–water partition coefficient (Wildman–Crippen LogP) is -0.339. The summed E-state index contributed by atoms with van der Waals surface area (Å²) in [6, 6.07) is 0. The summed E-state index contributed by atoms with van der Waals surface area (Å²) in [5.41, 5.74) is 0. The molecule has 0 saturated carbocycles. The average molecular weight is 204 g/mol. The van der Waals surface area contributed by atoms with Crippen molar-refractivity contribution in [2.24, 2.45) is 0 Å². The number of hydrogen-bond acceptors (Lipinski definition) is 4. The molecule has 0 saturated heterocycles. The Labute approximate surface area is 86.9 Å². The number of nitrogens with one attached hydrogen (secondary N) is 1. The summed E-state index contributed by atoms with van der Waals surface area (Å²) in [7, 11) is 0. The molecule has 0 fully saturated rings. The van der Waals surface area contributed by atoms with Crippen LogP contribution in [-0.2, 0) is 0 Å². The van der Waals surface area contributed by atoms with Gasteiger partial charge in [-0.1, -0.05) is 13.8 Å². The number of aliphatic hydroxyl groups is 2. The molecule has 4 heteroatoms. The van der Waals surface area contributed by atoms with E-state index in [4.69, 9.17) is 5.11 Å². The van der Waals surface area contributed by atoms with E-state index in [-0.39, 0.29) is 12.7 Å². The third-order valence-corrected chi connectivity index (χ3v) is 2.26. The molecule has 4 nitrogen and oxygen atoms in total. The van der Waals surface area contributed by atoms with Crippen molar-refractivity contribution in [3.8, 4) is 0 Å². The van der Waals surface area contributed by atoms with Crippen LogP contribution in [0.5, 0.6) is 0 Å². The monoisotopic (exact) mass is 204 g/mol. The second kappa shape index (κ2) is 9.40. The molecule has 1 unspecified atom stereocenters. The molecule has 0 bridgehead atoms. The second-order valence-electron chi connectivity index (χ2n) is 3.42. The molecule has 0 rings (SSSR count). The van der Waals surface area contributed by atoms with Gasteiger partial charge in [0.2, 0.25) is 0 Å². The number of rotatable bonds is 9. The van der Waals surface area contributed by atoms with E-state index >= 15 is 0 Å². The second-order valence-corrected chi connectivity index (χ2v) is 3.42. The minimum atomic E-state index is -0.311. The Morgan fingerprint density at radius 3 is 2.43 bits per heavy atom. The fourth-order valence-electron chi connectivity index (χ4n) is 1.32. The summed E-state index contributed by atoms with van der Waals surface area (Å²) >= 11 is 0. The minimum absolute atomic E-state index is 0.207. The Morgan fingerprint density at radius 1 is 1.29 bits per heavy atom. The van der Waals surface area contributed by atoms with E-state index in [1.54, 1.807) is 0 Å². The van der Waals surface area contributed by atoms with E-state index in [0.717, 1.165) is 32.6 Å². The van der Waals surface area contributed by atoms with Gasteiger partial charge in [-0.2, -0.15) is 0 Å². The molecule has 14 heavy (non-hydrogen) atoms. The largest absolute Gasteiger partial charge is 0.396 e. The minimum Gasteiger partial charge on any atom is -0.396 e. The molecular formula is C10H24N2O2. The van der Waals surface area contributed by atoms with Crippen LogP contribution in [0.2, 0.25) is 0 Å². The molecule has 0 aromatic heterocycles. The lowest BCUT2D eigenvalue weighted by atomic mass is 10.3. The maximum absolute atomic E-state index is 9.61. The van der Waals surface area contributed by atoms with Crippen molar-refractivity contribution in [1.82, 2.24) is 10.2 Å². The van der Waals surface area contributed by atoms with Gasteiger partial charge in [-0.3, -0.25) is 0 Å². The average Bonchev–Trinajstić information content (AvgIpc) is 2.21. The van der Waals surface area contributed by atoms with Crippen molar-refractivity contribution in [2.45, 2.75) is 26.4 Å². The number of nitrogens with zero attached hydrogens (tertiary/aromatic N) is 1. The van der Waals surface area contributed by atoms with Crippen LogP contribution in [0.4, 0.5) is 0 Å². The highest BCUT2D eigenvalue weighted by atomic mass is 16.3. The standard InChI is InChI=1S/C10H24N2O2/c1-3-12(4-2)9-10(14)8-11-6-5-7-13/h10-11,13-14H,3-9H2,1-2H3. The van der Waals surface area contributed by atoms with Gasteiger partial charge in [0.15, 0.2) is 0 Å². The Kier molecular flexibility index (Phi) is 9.29. The van der Waals surface area contributed by atoms with Crippen LogP contribution in [0.15, 0.2) is 0 Å². The molecule has 0 spiro atoms. The van der Waals surface area contributed by atoms with Crippen molar-refractivity contribution in [1.29, 1.82) is 0 Å². The first-order valence-corrected chi connectivity index (χ1v) is 5.46. The van der Waals surface area contributed by atoms with Gasteiger partial charge in [-0.15, -0.1) is 0 Å². The summed E-state index contributed by atoms with van der Waals surface area (Å²) < 4.78 is 0. The molecule has 0 aliphatic carbocycles. The van der Waals surface area contributed by atoms with Crippen molar-refractivity contribution in [2.75, 3.05) is 39.3 Å². The van der Waals surface area contributed by atoms with Crippen molar-refractivity contribution in [3.05, 3.63) is 0 Å². The molecule has 0 aliphatic rings. The topological polar surface area (TPSA) is 55.7 Å². The lowest BCUT2D eigenvalue weighted by Crippen LogP contribution is -2.38. The molecule has 0 amide bonds. The van der Waals surface area contributed by atoms with Crippen LogP contribution < -0.4 is 5.32 Å². The van der Waals surface area contributed by atoms with Gasteiger partial charge in [0.05, 0.1) is 6.10 Å². The van der Waals surface area contributed by atoms with Crippen LogP contribution in [0.3, 0.4) is 0 Å². The van der Waals surface area contributed by atoms with Crippen LogP contribution in [-0.4, -0.2) is 60.5 Å². The van der Waals surface area contributed by atoms with E-state index in [1.165, 1.54) is 0 Å². The van der Waals surface area contributed by atoms with Gasteiger partial charge in [0.25, 0.3) is 0 Å². The maximum Gasteiger partial charge on any atom is 0.0791 e. The lowest BCUT2D eigenvalue weighted by Gasteiger charge is -2.21. The zero-order chi connectivity index (χ0) is 10.8. The Balaban J connectivity index is 3.38. The van der Waals surface area contributed by atoms with Crippen LogP contribution in [0.1, 0.15) is 20.3 Å². The zero-order valence-electron chi connectivity index (χ0n) is 9.37. The summed E-state index contributed by atoms with van der Waals surface area (Å²) in [6.07, 6.45) is 0.437. The first-order valence-electron chi connectivity index (χ1n) is 5.46. The van der Waals surface area contributed by atoms with E-state index in [9.17, 15) is 5.11 Å². The number of aliphatic hydroxyl groups excluding tert-OH is 2. The Morgan fingerprint density at radius 2 is 1.93 bits per heavy atom. The van der Waals surface area contributed by atoms with Crippen molar-refractivity contribution < 1.29 is 10.2 Å². The van der Waals surface area contributed by atoms with Crippen LogP contribution in [0, 0.1) is 0 Å². The first-order chi connectivity index (χ1) is 6.74. The molecule has 3 N–H and O–H groups in total. The normalized spacial score (nSPS) is 13.5. The molecule has 0 aromatic carbocycles. The number of hydrogen-bond donors (Lipinski definition) is 3. The van der Waals surface area contributed by atoms with E-state index in [2.05, 4.69) is 24.1 Å². The first kappa shape index (κ1) is 13.8. The molecule has 0 aromatic rings. The number of likely N-dealkylation sites (N-methyl/N-ethyl adjacent to an activating group) is 1. The fraction of sp³-hybridized carbons (Fsp3) is 1.00. The van der Waals surface area contributed by atoms with Gasteiger partial charge < -0.3 is 20.4 Å². The molecule has 0 aliphatic heterocycles. The smallest absolute Gasteiger partial charge is 0.0791 e. The highest BCUT2D eigenvalue weighted by Crippen LogP contribution is 1.91. The highest BCUT2D eigenvalue weighted by molar-refractivity contribution is 4.64. The Hall–Kier alpha value is -0.160. The highest BCUT2D eigenvalue weighted by Gasteiger charge is 2.07. The third-order valence-electron chi connectivity index (χ3n) is 2.26. The van der Waals surface area contributed by atoms with Crippen LogP contribution >= 0.6 is 0 Å².